The van der Waals surface area contributed by atoms with Gasteiger partial charge in [-0.15, -0.1) is 0 Å². The molecule has 7 nitrogen and oxygen atoms in total. The van der Waals surface area contributed by atoms with Gasteiger partial charge in [0.1, 0.15) is 29.5 Å². The number of ketones is 1. The molecule has 0 amide bonds. The lowest BCUT2D eigenvalue weighted by Gasteiger charge is -2.43. The Labute approximate surface area is 197 Å². The van der Waals surface area contributed by atoms with Crippen molar-refractivity contribution in [3.8, 4) is 0 Å². The van der Waals surface area contributed by atoms with Crippen LogP contribution in [0, 0.1) is 6.92 Å². The van der Waals surface area contributed by atoms with Crippen molar-refractivity contribution < 1.29 is 22.4 Å². The van der Waals surface area contributed by atoms with Crippen molar-refractivity contribution >= 4 is 35.0 Å². The first-order valence-corrected chi connectivity index (χ1v) is 11.2. The maximum absolute atomic E-state index is 14.1. The smallest absolute Gasteiger partial charge is 0.350 e. The van der Waals surface area contributed by atoms with Crippen LogP contribution in [0.1, 0.15) is 24.6 Å². The second-order valence-corrected chi connectivity index (χ2v) is 9.52. The molecule has 3 heterocycles. The van der Waals surface area contributed by atoms with E-state index < -0.39 is 24.0 Å². The molecule has 1 aliphatic heterocycles. The second-order valence-electron chi connectivity index (χ2n) is 8.48. The van der Waals surface area contributed by atoms with Crippen LogP contribution in [0.4, 0.5) is 35.0 Å². The quantitative estimate of drug-likeness (QED) is 0.336. The Hall–Kier alpha value is -3.15. The van der Waals surface area contributed by atoms with Gasteiger partial charge in [-0.25, -0.2) is 14.4 Å². The van der Waals surface area contributed by atoms with Crippen LogP contribution in [0.5, 0.6) is 0 Å². The van der Waals surface area contributed by atoms with Gasteiger partial charge in [0.15, 0.2) is 11.0 Å². The van der Waals surface area contributed by atoms with Crippen molar-refractivity contribution in [3.63, 3.8) is 0 Å². The average molecular weight is 495 g/mol. The number of aryl methyl sites for hydroxylation is 1. The van der Waals surface area contributed by atoms with Crippen LogP contribution in [-0.4, -0.2) is 50.9 Å². The number of alkyl halides is 4. The fraction of sp³-hybridized carbons (Fsp3) is 0.364. The topological polar surface area (TPSA) is 86.8 Å². The molecule has 0 spiro atoms. The second kappa shape index (κ2) is 9.24. The number of nitrogens with one attached hydrogen (secondary N) is 2. The highest BCUT2D eigenvalue weighted by Gasteiger charge is 2.40. The molecule has 1 aliphatic rings. The molecule has 1 fully saturated rings. The molecular formula is C22H22F4N6OS. The Morgan fingerprint density at radius 1 is 1.18 bits per heavy atom. The third-order valence-electron chi connectivity index (χ3n) is 4.95. The number of carbonyl (C=O) groups is 1. The zero-order valence-corrected chi connectivity index (χ0v) is 19.2. The number of hydrogen-bond acceptors (Lipinski definition) is 7. The van der Waals surface area contributed by atoms with E-state index in [0.717, 1.165) is 10.6 Å². The van der Waals surface area contributed by atoms with E-state index in [9.17, 15) is 22.4 Å². The van der Waals surface area contributed by atoms with Crippen molar-refractivity contribution in [2.45, 2.75) is 48.6 Å². The van der Waals surface area contributed by atoms with E-state index >= 15 is 0 Å². The summed E-state index contributed by atoms with van der Waals surface area (Å²) >= 11 is 1.25. The first-order chi connectivity index (χ1) is 15.9. The lowest BCUT2D eigenvalue weighted by atomic mass is 9.99. The fourth-order valence-electron chi connectivity index (χ4n) is 3.50. The van der Waals surface area contributed by atoms with Gasteiger partial charge in [0, 0.05) is 29.1 Å². The number of aromatic nitrogens is 4. The molecule has 12 heteroatoms. The van der Waals surface area contributed by atoms with Crippen LogP contribution >= 0.6 is 11.8 Å². The first-order valence-electron chi connectivity index (χ1n) is 10.4. The van der Waals surface area contributed by atoms with E-state index in [0.29, 0.717) is 28.2 Å². The van der Waals surface area contributed by atoms with Crippen LogP contribution < -0.4 is 10.2 Å². The Kier molecular flexibility index (Phi) is 6.52. The lowest BCUT2D eigenvalue weighted by molar-refractivity contribution is -0.151. The molecule has 0 bridgehead atoms. The van der Waals surface area contributed by atoms with Crippen LogP contribution in [-0.2, 0) is 11.2 Å². The fourth-order valence-corrected chi connectivity index (χ4v) is 4.27. The van der Waals surface area contributed by atoms with Crippen molar-refractivity contribution in [1.29, 1.82) is 0 Å². The third-order valence-corrected chi connectivity index (χ3v) is 5.82. The Bertz CT molecular complexity index is 1170. The normalized spacial score (nSPS) is 15.2. The van der Waals surface area contributed by atoms with E-state index in [1.54, 1.807) is 30.3 Å². The van der Waals surface area contributed by atoms with Crippen molar-refractivity contribution in [1.82, 2.24) is 20.2 Å². The highest BCUT2D eigenvalue weighted by Crippen LogP contribution is 2.34. The maximum Gasteiger partial charge on any atom is 0.395 e. The highest BCUT2D eigenvalue weighted by atomic mass is 32.2. The molecule has 0 radical (unpaired) electrons. The summed E-state index contributed by atoms with van der Waals surface area (Å²) in [6.45, 7) is 3.84. The van der Waals surface area contributed by atoms with Gasteiger partial charge >= 0.3 is 6.18 Å². The number of aromatic amines is 1. The predicted octanol–water partition coefficient (Wildman–Crippen LogP) is 5.02. The summed E-state index contributed by atoms with van der Waals surface area (Å²) in [7, 11) is 0. The molecule has 34 heavy (non-hydrogen) atoms. The number of rotatable bonds is 8. The SMILES string of the molecule is Cc1cc(Nc2cc(N3CC(C)(F)C3)nc(Sc3ccc(CC(=O)CC(F)(F)F)cc3)n2)n[nH]1. The van der Waals surface area contributed by atoms with Crippen LogP contribution in [0.15, 0.2) is 46.5 Å². The molecule has 2 N–H and O–H groups in total. The molecule has 0 saturated carbocycles. The zero-order chi connectivity index (χ0) is 24.5. The zero-order valence-electron chi connectivity index (χ0n) is 18.4. The molecule has 2 aromatic heterocycles. The number of hydrogen-bond donors (Lipinski definition) is 2. The number of nitrogens with zero attached hydrogens (tertiary/aromatic N) is 4. The molecule has 1 saturated heterocycles. The van der Waals surface area contributed by atoms with E-state index in [1.807, 2.05) is 17.9 Å². The number of halogens is 4. The minimum absolute atomic E-state index is 0.218. The molecule has 0 unspecified atom stereocenters. The number of carbonyl (C=O) groups excluding carboxylic acids is 1. The average Bonchev–Trinajstić information content (AvgIpc) is 3.10. The Balaban J connectivity index is 1.50. The number of H-pyrrole nitrogens is 1. The number of Topliss-reactive ketones (excluding diaryl/α,β-unsaturated/α-hetero) is 1. The van der Waals surface area contributed by atoms with Crippen molar-refractivity contribution in [3.05, 3.63) is 47.7 Å². The van der Waals surface area contributed by atoms with Crippen molar-refractivity contribution in [2.24, 2.45) is 0 Å². The Morgan fingerprint density at radius 2 is 1.88 bits per heavy atom. The van der Waals surface area contributed by atoms with Gasteiger partial charge in [-0.1, -0.05) is 12.1 Å². The standard InChI is InChI=1S/C22H22F4N6OS/c1-13-7-18(31-30-13)27-17-9-19(32-11-21(2,23)12-32)29-20(28-17)34-16-5-3-14(4-6-16)8-15(33)10-22(24,25)26/h3-7,9H,8,10-12H2,1-2H3,(H2,27,28,29,30,31). The summed E-state index contributed by atoms with van der Waals surface area (Å²) in [5.74, 6) is 0.741. The van der Waals surface area contributed by atoms with Crippen LogP contribution in [0.25, 0.3) is 0 Å². The van der Waals surface area contributed by atoms with Crippen molar-refractivity contribution in [2.75, 3.05) is 23.3 Å². The molecular weight excluding hydrogens is 472 g/mol. The van der Waals surface area contributed by atoms with E-state index in [-0.39, 0.29) is 19.5 Å². The van der Waals surface area contributed by atoms with Gasteiger partial charge in [0.25, 0.3) is 0 Å². The molecule has 180 valence electrons. The van der Waals surface area contributed by atoms with E-state index in [4.69, 9.17) is 0 Å². The molecule has 0 atom stereocenters. The molecule has 3 aromatic rings. The lowest BCUT2D eigenvalue weighted by Crippen LogP contribution is -2.57. The Morgan fingerprint density at radius 3 is 2.47 bits per heavy atom. The van der Waals surface area contributed by atoms with Crippen LogP contribution in [0.2, 0.25) is 0 Å². The maximum atomic E-state index is 14.1. The number of benzene rings is 1. The third kappa shape index (κ3) is 6.46. The highest BCUT2D eigenvalue weighted by molar-refractivity contribution is 7.99. The predicted molar refractivity (Wildman–Crippen MR) is 120 cm³/mol. The molecule has 4 rings (SSSR count). The molecule has 0 aliphatic carbocycles. The summed E-state index contributed by atoms with van der Waals surface area (Å²) in [5.41, 5.74) is 0.0910. The van der Waals surface area contributed by atoms with Gasteiger partial charge in [-0.2, -0.15) is 18.3 Å². The van der Waals surface area contributed by atoms with Gasteiger partial charge < -0.3 is 10.2 Å². The minimum Gasteiger partial charge on any atom is -0.350 e. The molecule has 1 aromatic carbocycles. The van der Waals surface area contributed by atoms with E-state index in [1.165, 1.54) is 18.7 Å². The summed E-state index contributed by atoms with van der Waals surface area (Å²) < 4.78 is 51.2. The van der Waals surface area contributed by atoms with E-state index in [2.05, 4.69) is 25.5 Å². The van der Waals surface area contributed by atoms with Gasteiger partial charge in [0.2, 0.25) is 0 Å². The summed E-state index contributed by atoms with van der Waals surface area (Å²) in [4.78, 5) is 23.2. The minimum atomic E-state index is -4.51. The first kappa shape index (κ1) is 24.0. The van der Waals surface area contributed by atoms with Crippen LogP contribution in [0.3, 0.4) is 0 Å². The summed E-state index contributed by atoms with van der Waals surface area (Å²) in [6, 6.07) is 10.1. The largest absolute Gasteiger partial charge is 0.395 e. The van der Waals surface area contributed by atoms with Gasteiger partial charge in [-0.05, 0) is 43.3 Å². The summed E-state index contributed by atoms with van der Waals surface area (Å²) in [6.07, 6.45) is -6.24. The van der Waals surface area contributed by atoms with Gasteiger partial charge in [0.05, 0.1) is 13.1 Å². The van der Waals surface area contributed by atoms with Gasteiger partial charge in [-0.3, -0.25) is 9.89 Å². The number of anilines is 3. The summed E-state index contributed by atoms with van der Waals surface area (Å²) in [5, 5.41) is 10.5. The monoisotopic (exact) mass is 494 g/mol.